The Hall–Kier alpha value is -0.940. The molecule has 15 heavy (non-hydrogen) atoms. The molecule has 0 aliphatic carbocycles. The summed E-state index contributed by atoms with van der Waals surface area (Å²) in [5.41, 5.74) is 0. The van der Waals surface area contributed by atoms with E-state index in [0.717, 1.165) is 4.60 Å². The first kappa shape index (κ1) is 12.1. The largest absolute Gasteiger partial charge is 0.335 e. The zero-order valence-corrected chi connectivity index (χ0v) is 11.0. The van der Waals surface area contributed by atoms with Crippen molar-refractivity contribution < 1.29 is 0 Å². The van der Waals surface area contributed by atoms with Crippen LogP contribution in [0.3, 0.4) is 0 Å². The molecule has 1 aromatic rings. The number of amidine groups is 1. The number of hydrogen-bond donors (Lipinski definition) is 1. The maximum Gasteiger partial charge on any atom is 0.155 e. The minimum absolute atomic E-state index is 0.586. The van der Waals surface area contributed by atoms with Crippen LogP contribution >= 0.6 is 31.9 Å². The van der Waals surface area contributed by atoms with Crippen molar-refractivity contribution in [2.45, 2.75) is 0 Å². The van der Waals surface area contributed by atoms with Gasteiger partial charge in [0.2, 0.25) is 0 Å². The van der Waals surface area contributed by atoms with Gasteiger partial charge in [-0.2, -0.15) is 0 Å². The van der Waals surface area contributed by atoms with Crippen molar-refractivity contribution in [3.05, 3.63) is 46.6 Å². The summed E-state index contributed by atoms with van der Waals surface area (Å²) in [7, 11) is 0. The lowest BCUT2D eigenvalue weighted by Gasteiger charge is -2.02. The smallest absolute Gasteiger partial charge is 0.155 e. The summed E-state index contributed by atoms with van der Waals surface area (Å²) in [4.78, 5) is 8.40. The van der Waals surface area contributed by atoms with Crippen molar-refractivity contribution in [1.82, 2.24) is 10.3 Å². The summed E-state index contributed by atoms with van der Waals surface area (Å²) in [6.07, 6.45) is 1.59. The molecule has 0 unspecified atom stereocenters. The maximum absolute atomic E-state index is 4.23. The SMILES string of the molecule is C=CC(=Nc1cccc(Br)n1)NC(=C)Br. The molecule has 0 saturated carbocycles. The highest BCUT2D eigenvalue weighted by molar-refractivity contribution is 9.11. The molecule has 0 radical (unpaired) electrons. The Balaban J connectivity index is 2.92. The van der Waals surface area contributed by atoms with Gasteiger partial charge in [0.05, 0.1) is 4.61 Å². The molecular weight excluding hydrogens is 322 g/mol. The van der Waals surface area contributed by atoms with Crippen molar-refractivity contribution in [2.75, 3.05) is 0 Å². The van der Waals surface area contributed by atoms with E-state index < -0.39 is 0 Å². The van der Waals surface area contributed by atoms with Crippen molar-refractivity contribution in [3.8, 4) is 0 Å². The highest BCUT2D eigenvalue weighted by atomic mass is 79.9. The fourth-order valence-electron chi connectivity index (χ4n) is 0.847. The zero-order chi connectivity index (χ0) is 11.3. The Morgan fingerprint density at radius 1 is 1.53 bits per heavy atom. The van der Waals surface area contributed by atoms with Crippen LogP contribution in [-0.4, -0.2) is 10.8 Å². The van der Waals surface area contributed by atoms with E-state index in [0.29, 0.717) is 16.3 Å². The second-order valence-electron chi connectivity index (χ2n) is 2.55. The first-order valence-electron chi connectivity index (χ1n) is 4.07. The van der Waals surface area contributed by atoms with Gasteiger partial charge in [0, 0.05) is 0 Å². The summed E-state index contributed by atoms with van der Waals surface area (Å²) >= 11 is 6.45. The molecule has 1 heterocycles. The van der Waals surface area contributed by atoms with Crippen molar-refractivity contribution >= 4 is 43.5 Å². The Kier molecular flexibility index (Phi) is 4.71. The fourth-order valence-corrected chi connectivity index (χ4v) is 1.38. The number of pyridine rings is 1. The van der Waals surface area contributed by atoms with Gasteiger partial charge in [-0.15, -0.1) is 0 Å². The molecule has 5 heteroatoms. The molecule has 0 spiro atoms. The van der Waals surface area contributed by atoms with Gasteiger partial charge >= 0.3 is 0 Å². The first-order chi connectivity index (χ1) is 7.11. The highest BCUT2D eigenvalue weighted by Crippen LogP contribution is 2.13. The van der Waals surface area contributed by atoms with E-state index in [-0.39, 0.29) is 0 Å². The van der Waals surface area contributed by atoms with E-state index in [1.807, 2.05) is 12.1 Å². The van der Waals surface area contributed by atoms with E-state index >= 15 is 0 Å². The third-order valence-electron chi connectivity index (χ3n) is 1.39. The van der Waals surface area contributed by atoms with Crippen molar-refractivity contribution in [1.29, 1.82) is 0 Å². The van der Waals surface area contributed by atoms with Crippen LogP contribution in [-0.2, 0) is 0 Å². The molecule has 0 atom stereocenters. The molecular formula is C10H9Br2N3. The standard InChI is InChI=1S/C10H9Br2N3/c1-3-9(13-7(2)11)15-10-6-4-5-8(12)14-10/h3-6H,1-2H2,(H,13,14,15). The molecule has 0 saturated heterocycles. The molecule has 0 bridgehead atoms. The van der Waals surface area contributed by atoms with Gasteiger partial charge in [-0.05, 0) is 50.1 Å². The molecule has 0 amide bonds. The molecule has 1 aromatic heterocycles. The van der Waals surface area contributed by atoms with Crippen LogP contribution in [0.5, 0.6) is 0 Å². The van der Waals surface area contributed by atoms with Crippen LogP contribution in [0.15, 0.2) is 51.6 Å². The van der Waals surface area contributed by atoms with Gasteiger partial charge < -0.3 is 5.32 Å². The van der Waals surface area contributed by atoms with Crippen LogP contribution in [0.2, 0.25) is 0 Å². The molecule has 3 nitrogen and oxygen atoms in total. The van der Waals surface area contributed by atoms with Crippen molar-refractivity contribution in [2.24, 2.45) is 4.99 Å². The Bertz CT molecular complexity index is 413. The van der Waals surface area contributed by atoms with Crippen LogP contribution in [0.1, 0.15) is 0 Å². The summed E-state index contributed by atoms with van der Waals surface area (Å²) in [5, 5.41) is 2.90. The zero-order valence-electron chi connectivity index (χ0n) is 7.87. The number of nitrogens with one attached hydrogen (secondary N) is 1. The minimum Gasteiger partial charge on any atom is -0.335 e. The van der Waals surface area contributed by atoms with Crippen LogP contribution in [0, 0.1) is 0 Å². The van der Waals surface area contributed by atoms with E-state index in [1.165, 1.54) is 0 Å². The van der Waals surface area contributed by atoms with Crippen LogP contribution < -0.4 is 5.32 Å². The quantitative estimate of drug-likeness (QED) is 0.398. The van der Waals surface area contributed by atoms with Gasteiger partial charge in [0.1, 0.15) is 10.4 Å². The Labute approximate surface area is 105 Å². The highest BCUT2D eigenvalue weighted by Gasteiger charge is 1.96. The average molecular weight is 331 g/mol. The molecule has 0 fully saturated rings. The topological polar surface area (TPSA) is 37.3 Å². The third kappa shape index (κ3) is 4.40. The number of nitrogens with zero attached hydrogens (tertiary/aromatic N) is 2. The Morgan fingerprint density at radius 2 is 2.27 bits per heavy atom. The van der Waals surface area contributed by atoms with Gasteiger partial charge in [0.15, 0.2) is 5.82 Å². The van der Waals surface area contributed by atoms with Gasteiger partial charge in [-0.1, -0.05) is 19.2 Å². The molecule has 1 rings (SSSR count). The number of hydrogen-bond acceptors (Lipinski definition) is 2. The predicted molar refractivity (Wildman–Crippen MR) is 70.4 cm³/mol. The van der Waals surface area contributed by atoms with E-state index in [4.69, 9.17) is 0 Å². The van der Waals surface area contributed by atoms with Gasteiger partial charge in [-0.25, -0.2) is 9.98 Å². The van der Waals surface area contributed by atoms with Crippen LogP contribution in [0.25, 0.3) is 0 Å². The molecule has 1 N–H and O–H groups in total. The Morgan fingerprint density at radius 3 is 2.80 bits per heavy atom. The second-order valence-corrected chi connectivity index (χ2v) is 4.32. The van der Waals surface area contributed by atoms with E-state index in [9.17, 15) is 0 Å². The first-order valence-corrected chi connectivity index (χ1v) is 5.65. The lowest BCUT2D eigenvalue weighted by molar-refractivity contribution is 1.19. The monoisotopic (exact) mass is 329 g/mol. The molecule has 0 aliphatic heterocycles. The van der Waals surface area contributed by atoms with Crippen molar-refractivity contribution in [3.63, 3.8) is 0 Å². The van der Waals surface area contributed by atoms with Gasteiger partial charge in [-0.3, -0.25) is 0 Å². The number of rotatable bonds is 3. The van der Waals surface area contributed by atoms with Gasteiger partial charge in [0.25, 0.3) is 0 Å². The summed E-state index contributed by atoms with van der Waals surface area (Å²) < 4.78 is 1.36. The number of aliphatic imine (C=N–C) groups is 1. The molecule has 0 aromatic carbocycles. The predicted octanol–water partition coefficient (Wildman–Crippen LogP) is 3.52. The second kappa shape index (κ2) is 5.82. The summed E-state index contributed by atoms with van der Waals surface area (Å²) in [5.74, 6) is 1.18. The molecule has 78 valence electrons. The minimum atomic E-state index is 0.586. The number of aromatic nitrogens is 1. The average Bonchev–Trinajstić information content (AvgIpc) is 2.16. The lowest BCUT2D eigenvalue weighted by atomic mass is 10.4. The van der Waals surface area contributed by atoms with E-state index in [2.05, 4.69) is 60.3 Å². The van der Waals surface area contributed by atoms with Crippen LogP contribution in [0.4, 0.5) is 5.82 Å². The normalized spacial score (nSPS) is 10.9. The maximum atomic E-state index is 4.23. The summed E-state index contributed by atoms with van der Waals surface area (Å²) in [6, 6.07) is 5.50. The van der Waals surface area contributed by atoms with E-state index in [1.54, 1.807) is 12.1 Å². The number of halogens is 2. The summed E-state index contributed by atoms with van der Waals surface area (Å²) in [6.45, 7) is 7.29. The lowest BCUT2D eigenvalue weighted by Crippen LogP contribution is -2.16. The fraction of sp³-hybridized carbons (Fsp3) is 0. The third-order valence-corrected chi connectivity index (χ3v) is 2.03. The molecule has 0 aliphatic rings.